The van der Waals surface area contributed by atoms with Gasteiger partial charge in [-0.15, -0.1) is 0 Å². The molecule has 1 fully saturated rings. The lowest BCUT2D eigenvalue weighted by molar-refractivity contribution is -0.284. The molecule has 0 aliphatic carbocycles. The van der Waals surface area contributed by atoms with Crippen LogP contribution < -0.4 is 0 Å². The van der Waals surface area contributed by atoms with Gasteiger partial charge in [-0.25, -0.2) is 0 Å². The van der Waals surface area contributed by atoms with Gasteiger partial charge in [-0.1, -0.05) is 0 Å². The zero-order valence-corrected chi connectivity index (χ0v) is 16.0. The van der Waals surface area contributed by atoms with E-state index >= 15 is 0 Å². The van der Waals surface area contributed by atoms with Gasteiger partial charge in [0.25, 0.3) is 0 Å². The van der Waals surface area contributed by atoms with E-state index < -0.39 is 55.0 Å². The van der Waals surface area contributed by atoms with Crippen molar-refractivity contribution in [3.8, 4) is 0 Å². The third kappa shape index (κ3) is 5.52. The average molecular weight is 386 g/mol. The number of aliphatic hydroxyl groups excluding tert-OH is 3. The van der Waals surface area contributed by atoms with E-state index in [9.17, 15) is 25.2 Å². The normalized spacial score (nSPS) is 35.9. The maximum absolute atomic E-state index is 11.7. The lowest BCUT2D eigenvalue weighted by atomic mass is 9.81. The molecule has 0 amide bonds. The maximum Gasteiger partial charge on any atom is 0.228 e. The smallest absolute Gasteiger partial charge is 0.228 e. The second kappa shape index (κ2) is 8.62. The number of aliphatic hydroxyl groups is 4. The van der Waals surface area contributed by atoms with Crippen LogP contribution in [0.4, 0.5) is 0 Å². The fraction of sp³-hybridized carbons (Fsp3) is 0.929. The molecule has 0 saturated carbocycles. The predicted molar refractivity (Wildman–Crippen MR) is 90.1 cm³/mol. The van der Waals surface area contributed by atoms with Gasteiger partial charge >= 0.3 is 0 Å². The largest absolute Gasteiger partial charge is 0.394 e. The summed E-state index contributed by atoms with van der Waals surface area (Å²) < 4.78 is 16.2. The van der Waals surface area contributed by atoms with Crippen LogP contribution in [0.3, 0.4) is 0 Å². The van der Waals surface area contributed by atoms with Crippen molar-refractivity contribution in [3.05, 3.63) is 0 Å². The quantitative estimate of drug-likeness (QED) is 0.418. The summed E-state index contributed by atoms with van der Waals surface area (Å²) in [6, 6.07) is 0. The fourth-order valence-electron chi connectivity index (χ4n) is 2.83. The standard InChI is InChI=1S/C14H27O8PS/c1-8(16)13-11(18)6-14(19,9(2)17)21-12(13)5-10(7-15)22-23(4,24)20-3/h8,10-13,15-16,18-19H,5-7H2,1-4H3/t8?,10-,11?,12?,13?,14?,23?/m0/s1. The molecule has 0 aromatic heterocycles. The minimum absolute atomic E-state index is 0.0221. The molecular formula is C14H27O8PS. The van der Waals surface area contributed by atoms with Crippen LogP contribution in [0.5, 0.6) is 0 Å². The summed E-state index contributed by atoms with van der Waals surface area (Å²) in [6.07, 6.45) is -4.10. The topological polar surface area (TPSA) is 126 Å². The number of Topliss-reactive ketones (excluding diaryl/α,β-unsaturated/α-hetero) is 1. The zero-order valence-electron chi connectivity index (χ0n) is 14.3. The molecule has 10 heteroatoms. The first-order valence-electron chi connectivity index (χ1n) is 7.65. The van der Waals surface area contributed by atoms with Gasteiger partial charge < -0.3 is 34.2 Å². The third-order valence-corrected chi connectivity index (χ3v) is 6.23. The highest BCUT2D eigenvalue weighted by Gasteiger charge is 2.50. The zero-order chi connectivity index (χ0) is 18.7. The molecule has 1 rings (SSSR count). The molecule has 0 radical (unpaired) electrons. The van der Waals surface area contributed by atoms with E-state index in [0.717, 1.165) is 6.92 Å². The Bertz CT molecular complexity index is 487. The molecule has 0 aromatic carbocycles. The lowest BCUT2D eigenvalue weighted by Crippen LogP contribution is -2.58. The monoisotopic (exact) mass is 386 g/mol. The van der Waals surface area contributed by atoms with Crippen LogP contribution in [0.2, 0.25) is 0 Å². The van der Waals surface area contributed by atoms with E-state index in [2.05, 4.69) is 0 Å². The van der Waals surface area contributed by atoms with Crippen molar-refractivity contribution in [2.75, 3.05) is 20.4 Å². The summed E-state index contributed by atoms with van der Waals surface area (Å²) in [6.45, 7) is 1.28. The molecule has 4 N–H and O–H groups in total. The Kier molecular flexibility index (Phi) is 7.93. The van der Waals surface area contributed by atoms with Crippen molar-refractivity contribution in [2.24, 2.45) is 5.92 Å². The third-order valence-electron chi connectivity index (χ3n) is 4.18. The van der Waals surface area contributed by atoms with Crippen LogP contribution in [0, 0.1) is 5.92 Å². The van der Waals surface area contributed by atoms with Crippen molar-refractivity contribution in [1.29, 1.82) is 0 Å². The van der Waals surface area contributed by atoms with Crippen molar-refractivity contribution in [1.82, 2.24) is 0 Å². The minimum Gasteiger partial charge on any atom is -0.394 e. The Balaban J connectivity index is 3.00. The molecule has 24 heavy (non-hydrogen) atoms. The number of hydrogen-bond donors (Lipinski definition) is 4. The number of ether oxygens (including phenoxy) is 1. The summed E-state index contributed by atoms with van der Waals surface area (Å²) in [5.74, 6) is -3.53. The molecule has 1 saturated heterocycles. The van der Waals surface area contributed by atoms with E-state index in [1.54, 1.807) is 6.66 Å². The Morgan fingerprint density at radius 2 is 2.12 bits per heavy atom. The second-order valence-electron chi connectivity index (χ2n) is 6.19. The van der Waals surface area contributed by atoms with Crippen molar-refractivity contribution in [3.63, 3.8) is 0 Å². The molecule has 1 heterocycles. The highest BCUT2D eigenvalue weighted by Crippen LogP contribution is 2.46. The average Bonchev–Trinajstić information content (AvgIpc) is 2.45. The number of carbonyl (C=O) groups is 1. The van der Waals surface area contributed by atoms with Crippen LogP contribution in [0.1, 0.15) is 26.7 Å². The Morgan fingerprint density at radius 1 is 1.54 bits per heavy atom. The van der Waals surface area contributed by atoms with E-state index in [-0.39, 0.29) is 12.8 Å². The molecular weight excluding hydrogens is 359 g/mol. The molecule has 142 valence electrons. The Hall–Kier alpha value is 0.0400. The number of ketones is 1. The molecule has 8 nitrogen and oxygen atoms in total. The summed E-state index contributed by atoms with van der Waals surface area (Å²) in [7, 11) is 1.41. The molecule has 0 spiro atoms. The highest BCUT2D eigenvalue weighted by atomic mass is 32.5. The van der Waals surface area contributed by atoms with Crippen molar-refractivity contribution >= 4 is 24.1 Å². The second-order valence-corrected chi connectivity index (χ2v) is 10.3. The summed E-state index contributed by atoms with van der Waals surface area (Å²) in [5, 5.41) is 40.0. The van der Waals surface area contributed by atoms with Gasteiger partial charge in [0.2, 0.25) is 5.79 Å². The summed E-state index contributed by atoms with van der Waals surface area (Å²) in [4.78, 5) is 11.7. The number of rotatable bonds is 8. The van der Waals surface area contributed by atoms with Crippen molar-refractivity contribution in [2.45, 2.75) is 56.9 Å². The van der Waals surface area contributed by atoms with Crippen LogP contribution >= 0.6 is 6.49 Å². The molecule has 1 aliphatic heterocycles. The first kappa shape index (κ1) is 22.1. The summed E-state index contributed by atoms with van der Waals surface area (Å²) >= 11 is 5.16. The molecule has 0 aromatic rings. The maximum atomic E-state index is 11.7. The van der Waals surface area contributed by atoms with Crippen LogP contribution in [-0.4, -0.2) is 76.8 Å². The number of hydrogen-bond acceptors (Lipinski definition) is 9. The first-order chi connectivity index (χ1) is 11.0. The van der Waals surface area contributed by atoms with Gasteiger partial charge in [0.05, 0.1) is 31.0 Å². The van der Waals surface area contributed by atoms with Crippen LogP contribution in [0.15, 0.2) is 0 Å². The van der Waals surface area contributed by atoms with Gasteiger partial charge in [-0.05, 0) is 18.7 Å². The lowest BCUT2D eigenvalue weighted by Gasteiger charge is -2.45. The predicted octanol–water partition coefficient (Wildman–Crippen LogP) is -0.236. The summed E-state index contributed by atoms with van der Waals surface area (Å²) in [5.41, 5.74) is 0. The highest BCUT2D eigenvalue weighted by molar-refractivity contribution is 8.09. The molecule has 7 atom stereocenters. The molecule has 0 bridgehead atoms. The van der Waals surface area contributed by atoms with Gasteiger partial charge in [0.1, 0.15) is 0 Å². The molecule has 1 aliphatic rings. The van der Waals surface area contributed by atoms with E-state index in [0.29, 0.717) is 0 Å². The van der Waals surface area contributed by atoms with E-state index in [4.69, 9.17) is 25.6 Å². The van der Waals surface area contributed by atoms with Crippen LogP contribution in [0.25, 0.3) is 0 Å². The van der Waals surface area contributed by atoms with Crippen molar-refractivity contribution < 1.29 is 39.0 Å². The fourth-order valence-corrected chi connectivity index (χ4v) is 3.98. The Labute approximate surface area is 146 Å². The molecule has 6 unspecified atom stereocenters. The SMILES string of the molecule is COP(C)(=S)O[C@H](CO)CC1OC(O)(C(C)=O)CC(O)C1C(C)O. The minimum atomic E-state index is -2.56. The first-order valence-corrected chi connectivity index (χ1v) is 10.7. The van der Waals surface area contributed by atoms with Gasteiger partial charge in [-0.2, -0.15) is 0 Å². The van der Waals surface area contributed by atoms with Gasteiger partial charge in [0, 0.05) is 39.5 Å². The number of carbonyl (C=O) groups excluding carboxylic acids is 1. The van der Waals surface area contributed by atoms with Crippen LogP contribution in [-0.2, 0) is 30.4 Å². The Morgan fingerprint density at radius 3 is 2.54 bits per heavy atom. The van der Waals surface area contributed by atoms with Gasteiger partial charge in [-0.3, -0.25) is 4.79 Å². The van der Waals surface area contributed by atoms with E-state index in [1.165, 1.54) is 14.0 Å². The van der Waals surface area contributed by atoms with Gasteiger partial charge in [0.15, 0.2) is 12.3 Å². The van der Waals surface area contributed by atoms with E-state index in [1.807, 2.05) is 0 Å².